The number of ether oxygens (including phenoxy) is 1. The van der Waals surface area contributed by atoms with Gasteiger partial charge in [-0.05, 0) is 42.8 Å². The number of carbonyl (C=O) groups excluding carboxylic acids is 1. The summed E-state index contributed by atoms with van der Waals surface area (Å²) < 4.78 is 19.7. The predicted octanol–water partition coefficient (Wildman–Crippen LogP) is 4.53. The first kappa shape index (κ1) is 19.1. The van der Waals surface area contributed by atoms with Gasteiger partial charge < -0.3 is 10.1 Å². The van der Waals surface area contributed by atoms with E-state index >= 15 is 0 Å². The zero-order valence-electron chi connectivity index (χ0n) is 14.2. The van der Waals surface area contributed by atoms with Crippen molar-refractivity contribution >= 4 is 34.8 Å². The molecule has 0 bridgehead atoms. The van der Waals surface area contributed by atoms with Gasteiger partial charge in [-0.1, -0.05) is 35.3 Å². The third-order valence-electron chi connectivity index (χ3n) is 4.46. The largest absolute Gasteiger partial charge is 0.371 e. The molecule has 0 aromatic heterocycles. The number of hydrogen-bond acceptors (Lipinski definition) is 3. The van der Waals surface area contributed by atoms with Crippen molar-refractivity contribution in [2.75, 3.05) is 25.0 Å². The Morgan fingerprint density at radius 1 is 1.23 bits per heavy atom. The molecule has 0 aliphatic carbocycles. The molecule has 7 heteroatoms. The van der Waals surface area contributed by atoms with Gasteiger partial charge in [0.15, 0.2) is 0 Å². The molecule has 2 aromatic carbocycles. The lowest BCUT2D eigenvalue weighted by Gasteiger charge is -2.36. The second-order valence-electron chi connectivity index (χ2n) is 6.20. The van der Waals surface area contributed by atoms with Gasteiger partial charge in [-0.15, -0.1) is 0 Å². The standard InChI is InChI=1S/C19H19Cl2FN2O2/c1-12(19(25)23-17-7-6-15(21)10-16(17)22)24-8-9-26-18(11-24)13-2-4-14(20)5-3-13/h2-7,10,12,18H,8-9,11H2,1H3,(H,23,25). The molecule has 1 fully saturated rings. The molecule has 1 saturated heterocycles. The number of anilines is 1. The molecular formula is C19H19Cl2FN2O2. The maximum atomic E-state index is 13.9. The highest BCUT2D eigenvalue weighted by Crippen LogP contribution is 2.25. The van der Waals surface area contributed by atoms with E-state index in [1.807, 2.05) is 29.2 Å². The molecule has 4 nitrogen and oxygen atoms in total. The third kappa shape index (κ3) is 4.54. The topological polar surface area (TPSA) is 41.6 Å². The highest BCUT2D eigenvalue weighted by atomic mass is 35.5. The second-order valence-corrected chi connectivity index (χ2v) is 7.07. The zero-order valence-corrected chi connectivity index (χ0v) is 15.7. The summed E-state index contributed by atoms with van der Waals surface area (Å²) in [5.74, 6) is -0.831. The summed E-state index contributed by atoms with van der Waals surface area (Å²) in [6.07, 6.45) is -0.136. The Balaban J connectivity index is 1.65. The summed E-state index contributed by atoms with van der Waals surface area (Å²) in [5.41, 5.74) is 1.13. The van der Waals surface area contributed by atoms with Crippen LogP contribution in [0.1, 0.15) is 18.6 Å². The molecule has 2 aromatic rings. The van der Waals surface area contributed by atoms with Crippen molar-refractivity contribution in [1.82, 2.24) is 4.90 Å². The smallest absolute Gasteiger partial charge is 0.241 e. The maximum Gasteiger partial charge on any atom is 0.241 e. The van der Waals surface area contributed by atoms with Gasteiger partial charge in [-0.25, -0.2) is 4.39 Å². The first-order valence-corrected chi connectivity index (χ1v) is 9.06. The van der Waals surface area contributed by atoms with Crippen LogP contribution in [-0.2, 0) is 9.53 Å². The summed E-state index contributed by atoms with van der Waals surface area (Å²) in [5, 5.41) is 3.57. The summed E-state index contributed by atoms with van der Waals surface area (Å²) in [6.45, 7) is 3.51. The maximum absolute atomic E-state index is 13.9. The van der Waals surface area contributed by atoms with Crippen molar-refractivity contribution in [3.8, 4) is 0 Å². The lowest BCUT2D eigenvalue weighted by atomic mass is 10.1. The van der Waals surface area contributed by atoms with Gasteiger partial charge >= 0.3 is 0 Å². The molecule has 0 radical (unpaired) electrons. The molecule has 2 atom stereocenters. The van der Waals surface area contributed by atoms with Crippen LogP contribution in [0.2, 0.25) is 10.0 Å². The van der Waals surface area contributed by atoms with Gasteiger partial charge in [0.1, 0.15) is 5.82 Å². The van der Waals surface area contributed by atoms with E-state index < -0.39 is 11.9 Å². The van der Waals surface area contributed by atoms with E-state index in [0.29, 0.717) is 24.7 Å². The van der Waals surface area contributed by atoms with Crippen molar-refractivity contribution in [2.45, 2.75) is 19.1 Å². The van der Waals surface area contributed by atoms with Crippen LogP contribution in [0.3, 0.4) is 0 Å². The Morgan fingerprint density at radius 2 is 1.92 bits per heavy atom. The first-order valence-electron chi connectivity index (χ1n) is 8.31. The molecule has 1 aliphatic heterocycles. The minimum absolute atomic E-state index is 0.119. The highest BCUT2D eigenvalue weighted by molar-refractivity contribution is 6.30. The van der Waals surface area contributed by atoms with E-state index in [1.54, 1.807) is 6.92 Å². The van der Waals surface area contributed by atoms with Crippen LogP contribution in [0.15, 0.2) is 42.5 Å². The van der Waals surface area contributed by atoms with Crippen LogP contribution in [0.25, 0.3) is 0 Å². The van der Waals surface area contributed by atoms with Crippen molar-refractivity contribution in [3.05, 3.63) is 63.9 Å². The molecule has 1 aliphatic rings. The lowest BCUT2D eigenvalue weighted by molar-refractivity contribution is -0.124. The normalized spacial score (nSPS) is 19.2. The molecular weight excluding hydrogens is 378 g/mol. The first-order chi connectivity index (χ1) is 12.4. The number of rotatable bonds is 4. The fourth-order valence-electron chi connectivity index (χ4n) is 2.89. The van der Waals surface area contributed by atoms with Crippen LogP contribution in [-0.4, -0.2) is 36.5 Å². The Morgan fingerprint density at radius 3 is 2.62 bits per heavy atom. The number of amides is 1. The van der Waals surface area contributed by atoms with E-state index in [4.69, 9.17) is 27.9 Å². The molecule has 1 heterocycles. The SMILES string of the molecule is CC(C(=O)Nc1ccc(Cl)cc1F)N1CCOC(c2ccc(Cl)cc2)C1. The summed E-state index contributed by atoms with van der Waals surface area (Å²) >= 11 is 11.7. The van der Waals surface area contributed by atoms with Gasteiger partial charge in [0, 0.05) is 23.1 Å². The van der Waals surface area contributed by atoms with Crippen LogP contribution in [0, 0.1) is 5.82 Å². The average Bonchev–Trinajstić information content (AvgIpc) is 2.64. The molecule has 1 N–H and O–H groups in total. The number of carbonyl (C=O) groups is 1. The van der Waals surface area contributed by atoms with E-state index in [2.05, 4.69) is 5.32 Å². The molecule has 2 unspecified atom stereocenters. The van der Waals surface area contributed by atoms with Crippen LogP contribution in [0.5, 0.6) is 0 Å². The number of hydrogen-bond donors (Lipinski definition) is 1. The Kier molecular flexibility index (Phi) is 6.14. The quantitative estimate of drug-likeness (QED) is 0.824. The van der Waals surface area contributed by atoms with Gasteiger partial charge in [0.25, 0.3) is 0 Å². The van der Waals surface area contributed by atoms with E-state index in [-0.39, 0.29) is 22.7 Å². The lowest BCUT2D eigenvalue weighted by Crippen LogP contribution is -2.48. The summed E-state index contributed by atoms with van der Waals surface area (Å²) in [6, 6.07) is 11.2. The minimum atomic E-state index is -0.556. The fourth-order valence-corrected chi connectivity index (χ4v) is 3.18. The number of nitrogens with zero attached hydrogens (tertiary/aromatic N) is 1. The number of benzene rings is 2. The molecule has 3 rings (SSSR count). The predicted molar refractivity (Wildman–Crippen MR) is 101 cm³/mol. The average molecular weight is 397 g/mol. The van der Waals surface area contributed by atoms with Gasteiger partial charge in [0.2, 0.25) is 5.91 Å². The zero-order chi connectivity index (χ0) is 18.7. The van der Waals surface area contributed by atoms with Crippen LogP contribution in [0.4, 0.5) is 10.1 Å². The van der Waals surface area contributed by atoms with Crippen LogP contribution < -0.4 is 5.32 Å². The molecule has 138 valence electrons. The van der Waals surface area contributed by atoms with Gasteiger partial charge in [-0.2, -0.15) is 0 Å². The van der Waals surface area contributed by atoms with Crippen molar-refractivity contribution < 1.29 is 13.9 Å². The highest BCUT2D eigenvalue weighted by Gasteiger charge is 2.29. The monoisotopic (exact) mass is 396 g/mol. The van der Waals surface area contributed by atoms with E-state index in [1.165, 1.54) is 18.2 Å². The number of morpholine rings is 1. The van der Waals surface area contributed by atoms with Gasteiger partial charge in [-0.3, -0.25) is 9.69 Å². The fraction of sp³-hybridized carbons (Fsp3) is 0.316. The van der Waals surface area contributed by atoms with E-state index in [0.717, 1.165) is 5.56 Å². The number of halogens is 3. The Hall–Kier alpha value is -1.66. The summed E-state index contributed by atoms with van der Waals surface area (Å²) in [4.78, 5) is 14.5. The summed E-state index contributed by atoms with van der Waals surface area (Å²) in [7, 11) is 0. The van der Waals surface area contributed by atoms with Crippen molar-refractivity contribution in [3.63, 3.8) is 0 Å². The molecule has 0 saturated carbocycles. The minimum Gasteiger partial charge on any atom is -0.371 e. The van der Waals surface area contributed by atoms with Crippen LogP contribution >= 0.6 is 23.2 Å². The second kappa shape index (κ2) is 8.35. The molecule has 0 spiro atoms. The molecule has 26 heavy (non-hydrogen) atoms. The van der Waals surface area contributed by atoms with E-state index in [9.17, 15) is 9.18 Å². The third-order valence-corrected chi connectivity index (χ3v) is 4.94. The number of nitrogens with one attached hydrogen (secondary N) is 1. The van der Waals surface area contributed by atoms with Crippen molar-refractivity contribution in [2.24, 2.45) is 0 Å². The van der Waals surface area contributed by atoms with Crippen molar-refractivity contribution in [1.29, 1.82) is 0 Å². The Bertz CT molecular complexity index is 786. The van der Waals surface area contributed by atoms with Gasteiger partial charge in [0.05, 0.1) is 24.4 Å². The molecule has 1 amide bonds. The Labute approximate surface area is 161 Å².